The number of amides is 1. The van der Waals surface area contributed by atoms with Crippen molar-refractivity contribution in [2.45, 2.75) is 17.5 Å². The molecule has 6 heteroatoms. The fourth-order valence-corrected chi connectivity index (χ4v) is 4.28. The number of aliphatic hydroxyl groups excluding tert-OH is 1. The predicted octanol–water partition coefficient (Wildman–Crippen LogP) is 6.25. The zero-order valence-corrected chi connectivity index (χ0v) is 17.8. The van der Waals surface area contributed by atoms with E-state index in [1.165, 1.54) is 12.1 Å². The summed E-state index contributed by atoms with van der Waals surface area (Å²) in [7, 11) is 0. The largest absolute Gasteiger partial charge is 0.503 e. The van der Waals surface area contributed by atoms with Crippen LogP contribution in [0, 0.1) is 5.82 Å². The maximum Gasteiger partial charge on any atom is 0.290 e. The second-order valence-corrected chi connectivity index (χ2v) is 8.27. The fraction of sp³-hybridized carbons (Fsp3) is 0.125. The smallest absolute Gasteiger partial charge is 0.290 e. The number of nitrogens with zero attached hydrogens (tertiary/aromatic N) is 1. The van der Waals surface area contributed by atoms with Crippen molar-refractivity contribution >= 4 is 34.8 Å². The monoisotopic (exact) mass is 439 g/mol. The molecule has 1 aliphatic heterocycles. The van der Waals surface area contributed by atoms with E-state index in [4.69, 9.17) is 11.6 Å². The van der Waals surface area contributed by atoms with Gasteiger partial charge in [-0.15, -0.1) is 11.8 Å². The molecule has 1 N–H and O–H groups in total. The van der Waals surface area contributed by atoms with E-state index >= 15 is 0 Å². The van der Waals surface area contributed by atoms with Gasteiger partial charge in [0.2, 0.25) is 0 Å². The second-order valence-electron chi connectivity index (χ2n) is 6.99. The van der Waals surface area contributed by atoms with Crippen molar-refractivity contribution in [1.82, 2.24) is 4.90 Å². The van der Waals surface area contributed by atoms with E-state index in [1.807, 2.05) is 60.9 Å². The SMILES string of the molecule is CSc1ccc(CN2C(=O)C(O)=C(c3ccccc3)C2c2ccc(F)c(Cl)c2)cc1. The molecule has 30 heavy (non-hydrogen) atoms. The van der Waals surface area contributed by atoms with Crippen LogP contribution < -0.4 is 0 Å². The van der Waals surface area contributed by atoms with E-state index < -0.39 is 17.8 Å². The van der Waals surface area contributed by atoms with Gasteiger partial charge < -0.3 is 10.0 Å². The highest BCUT2D eigenvalue weighted by Crippen LogP contribution is 2.44. The van der Waals surface area contributed by atoms with E-state index in [-0.39, 0.29) is 10.8 Å². The van der Waals surface area contributed by atoms with Crippen LogP contribution in [0.1, 0.15) is 22.7 Å². The van der Waals surface area contributed by atoms with Crippen LogP contribution in [0.3, 0.4) is 0 Å². The van der Waals surface area contributed by atoms with Crippen LogP contribution in [0.2, 0.25) is 5.02 Å². The normalized spacial score (nSPS) is 16.4. The molecule has 152 valence electrons. The Hall–Kier alpha value is -2.76. The lowest BCUT2D eigenvalue weighted by Crippen LogP contribution is -2.29. The molecule has 0 bridgehead atoms. The van der Waals surface area contributed by atoms with Crippen LogP contribution in [0.25, 0.3) is 5.57 Å². The molecule has 3 nitrogen and oxygen atoms in total. The lowest BCUT2D eigenvalue weighted by atomic mass is 9.93. The number of carbonyl (C=O) groups excluding carboxylic acids is 1. The van der Waals surface area contributed by atoms with Crippen LogP contribution in [0.5, 0.6) is 0 Å². The van der Waals surface area contributed by atoms with Crippen LogP contribution >= 0.6 is 23.4 Å². The predicted molar refractivity (Wildman–Crippen MR) is 119 cm³/mol. The molecule has 0 aromatic heterocycles. The van der Waals surface area contributed by atoms with E-state index in [9.17, 15) is 14.3 Å². The second kappa shape index (κ2) is 8.54. The Bertz CT molecular complexity index is 1120. The van der Waals surface area contributed by atoms with Crippen LogP contribution in [0.15, 0.2) is 83.5 Å². The van der Waals surface area contributed by atoms with Crippen molar-refractivity contribution in [1.29, 1.82) is 0 Å². The van der Waals surface area contributed by atoms with Crippen LogP contribution in [-0.4, -0.2) is 22.2 Å². The number of hydrogen-bond donors (Lipinski definition) is 1. The summed E-state index contributed by atoms with van der Waals surface area (Å²) in [5.41, 5.74) is 2.79. The lowest BCUT2D eigenvalue weighted by Gasteiger charge is -2.28. The van der Waals surface area contributed by atoms with E-state index in [0.717, 1.165) is 16.0 Å². The lowest BCUT2D eigenvalue weighted by molar-refractivity contribution is -0.130. The first-order valence-corrected chi connectivity index (χ1v) is 11.0. The van der Waals surface area contributed by atoms with Crippen molar-refractivity contribution in [3.8, 4) is 0 Å². The third kappa shape index (κ3) is 3.83. The van der Waals surface area contributed by atoms with Gasteiger partial charge in [-0.2, -0.15) is 0 Å². The molecular weight excluding hydrogens is 421 g/mol. The average molecular weight is 440 g/mol. The number of rotatable bonds is 5. The Morgan fingerprint density at radius 3 is 2.40 bits per heavy atom. The summed E-state index contributed by atoms with van der Waals surface area (Å²) in [4.78, 5) is 15.8. The summed E-state index contributed by atoms with van der Waals surface area (Å²) < 4.78 is 13.8. The minimum Gasteiger partial charge on any atom is -0.503 e. The molecule has 0 saturated carbocycles. The molecule has 3 aromatic rings. The van der Waals surface area contributed by atoms with Crippen molar-refractivity contribution < 1.29 is 14.3 Å². The van der Waals surface area contributed by atoms with E-state index in [1.54, 1.807) is 22.7 Å². The molecule has 1 unspecified atom stereocenters. The van der Waals surface area contributed by atoms with Gasteiger partial charge in [-0.1, -0.05) is 60.1 Å². The van der Waals surface area contributed by atoms with Gasteiger partial charge in [0.05, 0.1) is 11.1 Å². The van der Waals surface area contributed by atoms with Gasteiger partial charge in [0.15, 0.2) is 5.76 Å². The first-order chi connectivity index (χ1) is 14.5. The van der Waals surface area contributed by atoms with Crippen molar-refractivity contribution in [2.75, 3.05) is 6.26 Å². The van der Waals surface area contributed by atoms with Crippen molar-refractivity contribution in [2.24, 2.45) is 0 Å². The molecule has 0 saturated heterocycles. The molecule has 1 aliphatic rings. The highest BCUT2D eigenvalue weighted by atomic mass is 35.5. The van der Waals surface area contributed by atoms with Gasteiger partial charge in [0.25, 0.3) is 5.91 Å². The summed E-state index contributed by atoms with van der Waals surface area (Å²) in [6, 6.07) is 21.0. The molecular formula is C24H19ClFNO2S. The summed E-state index contributed by atoms with van der Waals surface area (Å²) in [6.07, 6.45) is 2.00. The summed E-state index contributed by atoms with van der Waals surface area (Å²) >= 11 is 7.68. The molecule has 0 fully saturated rings. The van der Waals surface area contributed by atoms with E-state index in [2.05, 4.69) is 0 Å². The molecule has 1 atom stereocenters. The van der Waals surface area contributed by atoms with Crippen LogP contribution in [0.4, 0.5) is 4.39 Å². The fourth-order valence-electron chi connectivity index (χ4n) is 3.69. The zero-order chi connectivity index (χ0) is 21.3. The summed E-state index contributed by atoms with van der Waals surface area (Å²) in [6.45, 7) is 0.299. The summed E-state index contributed by atoms with van der Waals surface area (Å²) in [5.74, 6) is -1.29. The average Bonchev–Trinajstić information content (AvgIpc) is 3.02. The Morgan fingerprint density at radius 1 is 1.07 bits per heavy atom. The highest BCUT2D eigenvalue weighted by molar-refractivity contribution is 7.98. The Morgan fingerprint density at radius 2 is 1.77 bits per heavy atom. The molecule has 1 amide bonds. The maximum absolute atomic E-state index is 13.8. The van der Waals surface area contributed by atoms with Gasteiger partial charge >= 0.3 is 0 Å². The minimum atomic E-state index is -0.585. The van der Waals surface area contributed by atoms with Gasteiger partial charge in [0, 0.05) is 17.0 Å². The molecule has 4 rings (SSSR count). The first-order valence-electron chi connectivity index (χ1n) is 9.37. The Labute approximate surface area is 183 Å². The first kappa shape index (κ1) is 20.5. The molecule has 0 spiro atoms. The topological polar surface area (TPSA) is 40.5 Å². The third-order valence-corrected chi connectivity index (χ3v) is 6.19. The standard InChI is InChI=1S/C24H19ClFNO2S/c1-30-18-10-7-15(8-11-18)14-27-22(17-9-12-20(26)19(25)13-17)21(23(28)24(27)29)16-5-3-2-4-6-16/h2-13,22,28H,14H2,1H3. The van der Waals surface area contributed by atoms with Crippen LogP contribution in [-0.2, 0) is 11.3 Å². The molecule has 0 radical (unpaired) electrons. The Balaban J connectivity index is 1.79. The number of halogens is 2. The number of hydrogen-bond acceptors (Lipinski definition) is 3. The number of aliphatic hydroxyl groups is 1. The molecule has 3 aromatic carbocycles. The van der Waals surface area contributed by atoms with Crippen molar-refractivity contribution in [3.63, 3.8) is 0 Å². The molecule has 1 heterocycles. The number of benzene rings is 3. The van der Waals surface area contributed by atoms with Gasteiger partial charge in [-0.05, 0) is 47.2 Å². The highest BCUT2D eigenvalue weighted by Gasteiger charge is 2.41. The Kier molecular flexibility index (Phi) is 5.84. The van der Waals surface area contributed by atoms with Crippen molar-refractivity contribution in [3.05, 3.63) is 106 Å². The zero-order valence-electron chi connectivity index (χ0n) is 16.2. The summed E-state index contributed by atoms with van der Waals surface area (Å²) in [5, 5.41) is 10.8. The molecule has 0 aliphatic carbocycles. The van der Waals surface area contributed by atoms with Gasteiger partial charge in [0.1, 0.15) is 5.82 Å². The number of thioether (sulfide) groups is 1. The maximum atomic E-state index is 13.8. The quantitative estimate of drug-likeness (QED) is 0.477. The van der Waals surface area contributed by atoms with Gasteiger partial charge in [-0.3, -0.25) is 4.79 Å². The number of carbonyl (C=O) groups is 1. The van der Waals surface area contributed by atoms with E-state index in [0.29, 0.717) is 17.7 Å². The minimum absolute atomic E-state index is 0.0250. The van der Waals surface area contributed by atoms with Gasteiger partial charge in [-0.25, -0.2) is 4.39 Å². The third-order valence-electron chi connectivity index (χ3n) is 5.16.